The molecule has 9 nitrogen and oxygen atoms in total. The summed E-state index contributed by atoms with van der Waals surface area (Å²) in [5.74, 6) is -1.07. The number of hydrogen-bond donors (Lipinski definition) is 2. The Morgan fingerprint density at radius 3 is 2.30 bits per heavy atom. The third kappa shape index (κ3) is 7.44. The minimum absolute atomic E-state index is 0.0699. The van der Waals surface area contributed by atoms with Crippen molar-refractivity contribution in [2.75, 3.05) is 6.54 Å². The smallest absolute Gasteiger partial charge is 0.408 e. The van der Waals surface area contributed by atoms with Gasteiger partial charge in [-0.1, -0.05) is 51.1 Å². The highest BCUT2D eigenvalue weighted by Crippen LogP contribution is 2.30. The van der Waals surface area contributed by atoms with Crippen molar-refractivity contribution in [1.29, 1.82) is 0 Å². The van der Waals surface area contributed by atoms with Gasteiger partial charge >= 0.3 is 12.1 Å². The van der Waals surface area contributed by atoms with Crippen LogP contribution in [0.15, 0.2) is 42.5 Å². The highest BCUT2D eigenvalue weighted by molar-refractivity contribution is 5.90. The zero-order valence-corrected chi connectivity index (χ0v) is 22.6. The second-order valence-corrected chi connectivity index (χ2v) is 11.5. The number of aryl methyl sites for hydroxylation is 1. The van der Waals surface area contributed by atoms with Crippen LogP contribution in [-0.4, -0.2) is 63.3 Å². The monoisotopic (exact) mass is 511 g/mol. The van der Waals surface area contributed by atoms with Crippen LogP contribution in [0.1, 0.15) is 53.7 Å². The molecule has 3 rings (SSSR count). The average Bonchev–Trinajstić information content (AvgIpc) is 3.19. The molecule has 37 heavy (non-hydrogen) atoms. The van der Waals surface area contributed by atoms with Gasteiger partial charge in [-0.2, -0.15) is 0 Å². The van der Waals surface area contributed by atoms with E-state index in [1.54, 1.807) is 47.6 Å². The third-order valence-corrected chi connectivity index (χ3v) is 5.90. The molecule has 0 radical (unpaired) electrons. The number of aliphatic carboxylic acids is 1. The van der Waals surface area contributed by atoms with Crippen molar-refractivity contribution in [1.82, 2.24) is 15.2 Å². The minimum atomic E-state index is -1.12. The number of hydrogen-bond acceptors (Lipinski definition) is 6. The van der Waals surface area contributed by atoms with Crippen molar-refractivity contribution in [3.8, 4) is 17.0 Å². The van der Waals surface area contributed by atoms with Crippen LogP contribution in [-0.2, 0) is 14.3 Å². The van der Waals surface area contributed by atoms with E-state index in [9.17, 15) is 19.5 Å². The molecule has 0 saturated carbocycles. The van der Waals surface area contributed by atoms with Crippen LogP contribution in [0, 0.1) is 12.3 Å². The molecular weight excluding hydrogens is 474 g/mol. The maximum Gasteiger partial charge on any atom is 0.408 e. The lowest BCUT2D eigenvalue weighted by Gasteiger charge is -2.35. The van der Waals surface area contributed by atoms with Gasteiger partial charge in [-0.25, -0.2) is 9.59 Å². The molecule has 1 fully saturated rings. The predicted octanol–water partition coefficient (Wildman–Crippen LogP) is 4.43. The SMILES string of the molecule is Cc1cc(O[C@@H]2C[C@@H](C(=O)O)N(C(=O)C(NC(=O)OC(C)(C)C)C(C)(C)C)C2)cc(-c2ccccc2)n1. The zero-order chi connectivity index (χ0) is 27.5. The van der Waals surface area contributed by atoms with Gasteiger partial charge in [0.05, 0.1) is 12.2 Å². The molecule has 3 atom stereocenters. The molecule has 2 N–H and O–H groups in total. The van der Waals surface area contributed by atoms with Crippen molar-refractivity contribution in [3.63, 3.8) is 0 Å². The second-order valence-electron chi connectivity index (χ2n) is 11.5. The predicted molar refractivity (Wildman–Crippen MR) is 139 cm³/mol. The van der Waals surface area contributed by atoms with E-state index >= 15 is 0 Å². The summed E-state index contributed by atoms with van der Waals surface area (Å²) < 4.78 is 11.5. The fraction of sp³-hybridized carbons (Fsp3) is 0.500. The zero-order valence-electron chi connectivity index (χ0n) is 22.6. The highest BCUT2D eigenvalue weighted by atomic mass is 16.6. The van der Waals surface area contributed by atoms with Crippen molar-refractivity contribution in [2.24, 2.45) is 5.41 Å². The molecule has 200 valence electrons. The number of likely N-dealkylation sites (tertiary alicyclic amines) is 1. The van der Waals surface area contributed by atoms with E-state index in [1.165, 1.54) is 4.90 Å². The Hall–Kier alpha value is -3.62. The van der Waals surface area contributed by atoms with Crippen molar-refractivity contribution < 1.29 is 29.0 Å². The third-order valence-electron chi connectivity index (χ3n) is 5.90. The largest absolute Gasteiger partial charge is 0.488 e. The molecule has 1 aliphatic rings. The van der Waals surface area contributed by atoms with Gasteiger partial charge in [0.2, 0.25) is 5.91 Å². The van der Waals surface area contributed by atoms with Crippen molar-refractivity contribution in [2.45, 2.75) is 78.7 Å². The summed E-state index contributed by atoms with van der Waals surface area (Å²) in [6.07, 6.45) is -1.16. The van der Waals surface area contributed by atoms with Gasteiger partial charge in [-0.15, -0.1) is 0 Å². The van der Waals surface area contributed by atoms with Gasteiger partial charge in [0, 0.05) is 29.8 Å². The fourth-order valence-electron chi connectivity index (χ4n) is 4.25. The summed E-state index contributed by atoms with van der Waals surface area (Å²) in [4.78, 5) is 44.1. The molecule has 0 bridgehead atoms. The number of benzene rings is 1. The summed E-state index contributed by atoms with van der Waals surface area (Å²) in [6, 6.07) is 11.2. The first-order chi connectivity index (χ1) is 17.1. The Bertz CT molecular complexity index is 1140. The summed E-state index contributed by atoms with van der Waals surface area (Å²) in [6.45, 7) is 12.5. The number of aromatic nitrogens is 1. The van der Waals surface area contributed by atoms with Crippen LogP contribution in [0.25, 0.3) is 11.3 Å². The van der Waals surface area contributed by atoms with Crippen molar-refractivity contribution >= 4 is 18.0 Å². The average molecular weight is 512 g/mol. The van der Waals surface area contributed by atoms with Crippen LogP contribution in [0.3, 0.4) is 0 Å². The quantitative estimate of drug-likeness (QED) is 0.589. The lowest BCUT2D eigenvalue weighted by molar-refractivity contribution is -0.150. The van der Waals surface area contributed by atoms with E-state index in [1.807, 2.05) is 43.3 Å². The summed E-state index contributed by atoms with van der Waals surface area (Å²) in [7, 11) is 0. The molecule has 2 amide bonds. The number of carbonyl (C=O) groups excluding carboxylic acids is 2. The molecule has 1 saturated heterocycles. The Balaban J connectivity index is 1.81. The molecule has 1 aliphatic heterocycles. The minimum Gasteiger partial charge on any atom is -0.488 e. The maximum absolute atomic E-state index is 13.6. The molecular formula is C28H37N3O6. The number of carboxylic acids is 1. The number of amides is 2. The van der Waals surface area contributed by atoms with Crippen LogP contribution >= 0.6 is 0 Å². The first-order valence-electron chi connectivity index (χ1n) is 12.4. The van der Waals surface area contributed by atoms with Gasteiger partial charge in [0.25, 0.3) is 0 Å². The number of carboxylic acid groups (broad SMARTS) is 1. The number of ether oxygens (including phenoxy) is 2. The van der Waals surface area contributed by atoms with E-state index in [0.717, 1.165) is 17.0 Å². The van der Waals surface area contributed by atoms with Crippen molar-refractivity contribution in [3.05, 3.63) is 48.2 Å². The molecule has 1 aromatic heterocycles. The van der Waals surface area contributed by atoms with Gasteiger partial charge < -0.3 is 24.8 Å². The molecule has 1 aromatic carbocycles. The number of rotatable bonds is 6. The Labute approximate surface area is 218 Å². The summed E-state index contributed by atoms with van der Waals surface area (Å²) in [5, 5.41) is 12.6. The number of nitrogens with one attached hydrogen (secondary N) is 1. The van der Waals surface area contributed by atoms with E-state index < -0.39 is 47.2 Å². The van der Waals surface area contributed by atoms with Gasteiger partial charge in [-0.05, 0) is 33.1 Å². The van der Waals surface area contributed by atoms with Crippen LogP contribution in [0.5, 0.6) is 5.75 Å². The van der Waals surface area contributed by atoms with Crippen LogP contribution in [0.4, 0.5) is 4.79 Å². The summed E-state index contributed by atoms with van der Waals surface area (Å²) >= 11 is 0. The molecule has 0 aliphatic carbocycles. The van der Waals surface area contributed by atoms with E-state index in [4.69, 9.17) is 9.47 Å². The van der Waals surface area contributed by atoms with E-state index in [0.29, 0.717) is 5.75 Å². The number of carbonyl (C=O) groups is 3. The molecule has 9 heteroatoms. The number of pyridine rings is 1. The molecule has 2 aromatic rings. The van der Waals surface area contributed by atoms with Crippen LogP contribution in [0.2, 0.25) is 0 Å². The first-order valence-corrected chi connectivity index (χ1v) is 12.4. The van der Waals surface area contributed by atoms with Gasteiger partial charge in [-0.3, -0.25) is 9.78 Å². The molecule has 2 heterocycles. The normalized spacial score (nSPS) is 18.7. The van der Waals surface area contributed by atoms with Crippen LogP contribution < -0.4 is 10.1 Å². The fourth-order valence-corrected chi connectivity index (χ4v) is 4.25. The van der Waals surface area contributed by atoms with Gasteiger partial charge in [0.15, 0.2) is 0 Å². The lowest BCUT2D eigenvalue weighted by atomic mass is 9.85. The van der Waals surface area contributed by atoms with Gasteiger partial charge in [0.1, 0.15) is 29.5 Å². The Morgan fingerprint density at radius 2 is 1.73 bits per heavy atom. The standard InChI is InChI=1S/C28H37N3O6/c1-17-13-19(14-21(29-17)18-11-9-8-10-12-18)36-20-15-22(25(33)34)31(16-20)24(32)23(27(2,3)4)30-26(35)37-28(5,6)7/h8-14,20,22-23H,15-16H2,1-7H3,(H,30,35)(H,33,34)/t20-,22+,23?/m1/s1. The Morgan fingerprint density at radius 1 is 1.08 bits per heavy atom. The maximum atomic E-state index is 13.6. The first kappa shape index (κ1) is 28.0. The Kier molecular flexibility index (Phi) is 8.15. The number of alkyl carbamates (subject to hydrolysis) is 1. The topological polar surface area (TPSA) is 118 Å². The molecule has 1 unspecified atom stereocenters. The van der Waals surface area contributed by atoms with E-state index in [-0.39, 0.29) is 13.0 Å². The highest BCUT2D eigenvalue weighted by Gasteiger charge is 2.46. The lowest BCUT2D eigenvalue weighted by Crippen LogP contribution is -2.57. The number of nitrogens with zero attached hydrogens (tertiary/aromatic N) is 2. The van der Waals surface area contributed by atoms with E-state index in [2.05, 4.69) is 10.3 Å². The second kappa shape index (κ2) is 10.8. The summed E-state index contributed by atoms with van der Waals surface area (Å²) in [5.41, 5.74) is 0.997. The molecule has 0 spiro atoms.